The number of hydrogen-bond acceptors (Lipinski definition) is 5. The summed E-state index contributed by atoms with van der Waals surface area (Å²) >= 11 is 6.30. The highest BCUT2D eigenvalue weighted by atomic mass is 35.5. The van der Waals surface area contributed by atoms with Crippen molar-refractivity contribution in [3.05, 3.63) is 111 Å². The molecule has 43 heavy (non-hydrogen) atoms. The van der Waals surface area contributed by atoms with Crippen LogP contribution < -0.4 is 16.0 Å². The second kappa shape index (κ2) is 11.8. The summed E-state index contributed by atoms with van der Waals surface area (Å²) in [6, 6.07) is 6.93. The van der Waals surface area contributed by atoms with E-state index in [1.165, 1.54) is 10.6 Å². The Labute approximate surface area is 245 Å². The number of nitrogens with zero attached hydrogens (tertiary/aromatic N) is 3. The lowest BCUT2D eigenvalue weighted by atomic mass is 10.0. The molecule has 4 aromatic rings. The van der Waals surface area contributed by atoms with Crippen molar-refractivity contribution in [1.82, 2.24) is 25.2 Å². The molecule has 2 aromatic carbocycles. The predicted molar refractivity (Wildman–Crippen MR) is 143 cm³/mol. The molecule has 0 spiro atoms. The summed E-state index contributed by atoms with van der Waals surface area (Å²) in [6.45, 7) is -0.283. The quantitative estimate of drug-likeness (QED) is 0.260. The number of pyridine rings is 1. The summed E-state index contributed by atoms with van der Waals surface area (Å²) in [5.74, 6) is -5.19. The average molecular weight is 619 g/mol. The highest BCUT2D eigenvalue weighted by molar-refractivity contribution is 6.31. The second-order valence-corrected chi connectivity index (χ2v) is 9.87. The van der Waals surface area contributed by atoms with Crippen LogP contribution in [-0.2, 0) is 23.9 Å². The number of hydrogen-bond donors (Lipinski definition) is 3. The average Bonchev–Trinajstić information content (AvgIpc) is 3.31. The molecular weight excluding hydrogens is 599 g/mol. The lowest BCUT2D eigenvalue weighted by molar-refractivity contribution is -0.137. The highest BCUT2D eigenvalue weighted by Crippen LogP contribution is 2.36. The van der Waals surface area contributed by atoms with Crippen molar-refractivity contribution in [3.8, 4) is 0 Å². The Morgan fingerprint density at radius 2 is 1.77 bits per heavy atom. The van der Waals surface area contributed by atoms with E-state index in [1.54, 1.807) is 24.5 Å². The number of carbonyl (C=O) groups excluding carboxylic acids is 3. The minimum atomic E-state index is -4.93. The Kier molecular flexibility index (Phi) is 8.13. The Morgan fingerprint density at radius 1 is 1.02 bits per heavy atom. The van der Waals surface area contributed by atoms with Crippen LogP contribution >= 0.6 is 11.6 Å². The molecule has 3 heterocycles. The Bertz CT molecular complexity index is 1730. The first-order chi connectivity index (χ1) is 20.4. The molecule has 15 heteroatoms. The van der Waals surface area contributed by atoms with Crippen molar-refractivity contribution < 1.29 is 36.3 Å². The van der Waals surface area contributed by atoms with Gasteiger partial charge >= 0.3 is 6.18 Å². The number of carbonyl (C=O) groups is 3. The van der Waals surface area contributed by atoms with Crippen molar-refractivity contribution in [1.29, 1.82) is 0 Å². The van der Waals surface area contributed by atoms with E-state index < -0.39 is 59.2 Å². The molecule has 0 saturated heterocycles. The minimum absolute atomic E-state index is 0.00724. The Morgan fingerprint density at radius 3 is 2.49 bits per heavy atom. The van der Waals surface area contributed by atoms with Gasteiger partial charge in [-0.05, 0) is 60.5 Å². The second-order valence-electron chi connectivity index (χ2n) is 9.46. The largest absolute Gasteiger partial charge is 0.416 e. The van der Waals surface area contributed by atoms with Crippen LogP contribution in [0.25, 0.3) is 0 Å². The fourth-order valence-electron chi connectivity index (χ4n) is 4.58. The van der Waals surface area contributed by atoms with Gasteiger partial charge in [0, 0.05) is 35.1 Å². The van der Waals surface area contributed by atoms with Crippen LogP contribution in [0.3, 0.4) is 0 Å². The van der Waals surface area contributed by atoms with Crippen LogP contribution in [-0.4, -0.2) is 38.8 Å². The smallest absolute Gasteiger partial charge is 0.349 e. The van der Waals surface area contributed by atoms with E-state index in [1.807, 2.05) is 0 Å². The highest BCUT2D eigenvalue weighted by Gasteiger charge is 2.37. The number of imidazole rings is 1. The third kappa shape index (κ3) is 6.48. The van der Waals surface area contributed by atoms with Crippen molar-refractivity contribution in [2.24, 2.45) is 0 Å². The van der Waals surface area contributed by atoms with Crippen molar-refractivity contribution in [3.63, 3.8) is 0 Å². The molecule has 0 aliphatic carbocycles. The monoisotopic (exact) mass is 618 g/mol. The van der Waals surface area contributed by atoms with Crippen LogP contribution in [0.15, 0.2) is 60.9 Å². The van der Waals surface area contributed by atoms with Crippen LogP contribution in [0.4, 0.5) is 27.8 Å². The van der Waals surface area contributed by atoms with E-state index in [-0.39, 0.29) is 40.5 Å². The number of amides is 3. The van der Waals surface area contributed by atoms with Crippen LogP contribution in [0.5, 0.6) is 0 Å². The summed E-state index contributed by atoms with van der Waals surface area (Å²) in [5.41, 5.74) is -1.15. The number of halogens is 6. The van der Waals surface area contributed by atoms with Crippen LogP contribution in [0.1, 0.15) is 49.4 Å². The maximum Gasteiger partial charge on any atom is 0.416 e. The molecule has 1 aliphatic rings. The molecule has 1 atom stereocenters. The molecule has 0 bridgehead atoms. The molecule has 2 aromatic heterocycles. The van der Waals surface area contributed by atoms with Gasteiger partial charge in [0.2, 0.25) is 11.7 Å². The fourth-order valence-corrected chi connectivity index (χ4v) is 4.80. The molecule has 0 radical (unpaired) electrons. The van der Waals surface area contributed by atoms with E-state index in [0.717, 1.165) is 17.7 Å². The molecule has 0 saturated carbocycles. The first kappa shape index (κ1) is 29.6. The number of benzene rings is 2. The van der Waals surface area contributed by atoms with Gasteiger partial charge in [-0.15, -0.1) is 0 Å². The van der Waals surface area contributed by atoms with Crippen molar-refractivity contribution in [2.75, 3.05) is 11.9 Å². The van der Waals surface area contributed by atoms with E-state index in [0.29, 0.717) is 18.6 Å². The minimum Gasteiger partial charge on any atom is -0.349 e. The van der Waals surface area contributed by atoms with Gasteiger partial charge in [-0.3, -0.25) is 19.4 Å². The van der Waals surface area contributed by atoms with Gasteiger partial charge in [0.25, 0.3) is 11.8 Å². The summed E-state index contributed by atoms with van der Waals surface area (Å²) in [5, 5.41) is 7.63. The van der Waals surface area contributed by atoms with Gasteiger partial charge in [-0.1, -0.05) is 11.6 Å². The van der Waals surface area contributed by atoms with Gasteiger partial charge in [-0.25, -0.2) is 13.8 Å². The number of nitrogens with one attached hydrogen (secondary N) is 3. The topological polar surface area (TPSA) is 118 Å². The zero-order chi connectivity index (χ0) is 30.9. The van der Waals surface area contributed by atoms with Gasteiger partial charge in [0.15, 0.2) is 5.82 Å². The summed E-state index contributed by atoms with van der Waals surface area (Å²) < 4.78 is 69.3. The van der Waals surface area contributed by atoms with E-state index in [9.17, 15) is 36.3 Å². The fraction of sp³-hybridized carbons (Fsp3) is 0.179. The number of alkyl halides is 3. The van der Waals surface area contributed by atoms with Gasteiger partial charge < -0.3 is 20.5 Å². The summed E-state index contributed by atoms with van der Waals surface area (Å²) in [4.78, 5) is 47.2. The SMILES string of the molecule is O=C1Cn2c(C(=O)NCCc3ccncc3)nc(NC(=O)c3cc(F)cc(C(F)(F)F)c3)c2[C@H](c2cc(F)ccc2Cl)N1. The Hall–Kier alpha value is -4.85. The standard InChI is InChI=1S/C28H20ClF5N6O3/c29-20-2-1-17(30)12-19(20)22-23-24(39-26(42)15-9-16(28(32,33)34)11-18(31)10-15)38-25(40(23)13-21(41)37-22)27(43)36-8-5-14-3-6-35-7-4-14/h1-4,6-7,9-12,22H,5,8,13H2,(H,36,43)(H,37,41)(H,39,42)/t22-/m0/s1. The number of aromatic nitrogens is 3. The van der Waals surface area contributed by atoms with E-state index in [2.05, 4.69) is 25.9 Å². The first-order valence-corrected chi connectivity index (χ1v) is 13.0. The molecule has 0 fully saturated rings. The van der Waals surface area contributed by atoms with E-state index >= 15 is 0 Å². The van der Waals surface area contributed by atoms with Crippen molar-refractivity contribution >= 4 is 35.1 Å². The zero-order valence-corrected chi connectivity index (χ0v) is 22.6. The third-order valence-electron chi connectivity index (χ3n) is 6.53. The predicted octanol–water partition coefficient (Wildman–Crippen LogP) is 4.67. The lowest BCUT2D eigenvalue weighted by Crippen LogP contribution is -2.41. The summed E-state index contributed by atoms with van der Waals surface area (Å²) in [6.07, 6.45) is -1.34. The number of rotatable bonds is 7. The van der Waals surface area contributed by atoms with Gasteiger partial charge in [-0.2, -0.15) is 13.2 Å². The molecular formula is C28H20ClF5N6O3. The molecule has 3 N–H and O–H groups in total. The van der Waals surface area contributed by atoms with Crippen LogP contribution in [0.2, 0.25) is 5.02 Å². The summed E-state index contributed by atoms with van der Waals surface area (Å²) in [7, 11) is 0. The Balaban J connectivity index is 1.54. The van der Waals surface area contributed by atoms with Gasteiger partial charge in [0.1, 0.15) is 18.2 Å². The molecule has 5 rings (SSSR count). The molecule has 0 unspecified atom stereocenters. The molecule has 3 amide bonds. The van der Waals surface area contributed by atoms with Crippen LogP contribution in [0, 0.1) is 11.6 Å². The van der Waals surface area contributed by atoms with Crippen molar-refractivity contribution in [2.45, 2.75) is 25.2 Å². The normalized spacial score (nSPS) is 14.6. The molecule has 222 valence electrons. The molecule has 1 aliphatic heterocycles. The zero-order valence-electron chi connectivity index (χ0n) is 21.8. The number of anilines is 1. The molecule has 9 nitrogen and oxygen atoms in total. The maximum absolute atomic E-state index is 14.2. The number of fused-ring (bicyclic) bond motifs is 1. The first-order valence-electron chi connectivity index (χ1n) is 12.6. The van der Waals surface area contributed by atoms with E-state index in [4.69, 9.17) is 11.6 Å². The third-order valence-corrected chi connectivity index (χ3v) is 6.87. The van der Waals surface area contributed by atoms with Gasteiger partial charge in [0.05, 0.1) is 17.3 Å². The maximum atomic E-state index is 14.2. The lowest BCUT2D eigenvalue weighted by Gasteiger charge is -2.28.